The van der Waals surface area contributed by atoms with Gasteiger partial charge in [-0.2, -0.15) is 5.26 Å². The molecule has 1 N–H and O–H groups in total. The number of nitrogens with one attached hydrogen (secondary N) is 1. The maximum Gasteiger partial charge on any atom is 0.233 e. The third-order valence-electron chi connectivity index (χ3n) is 5.28. The molecule has 0 fully saturated rings. The van der Waals surface area contributed by atoms with Gasteiger partial charge in [-0.05, 0) is 24.6 Å². The summed E-state index contributed by atoms with van der Waals surface area (Å²) in [5, 5.41) is 13.0. The van der Waals surface area contributed by atoms with E-state index in [0.29, 0.717) is 45.2 Å². The smallest absolute Gasteiger partial charge is 0.233 e. The largest absolute Gasteiger partial charge is 0.497 e. The quantitative estimate of drug-likeness (QED) is 0.814. The molecule has 0 amide bonds. The Morgan fingerprint density at radius 3 is 2.17 bits per heavy atom. The zero-order valence-corrected chi connectivity index (χ0v) is 16.2. The molecule has 0 spiro atoms. The Kier molecular flexibility index (Phi) is 4.44. The molecule has 144 valence electrons. The molecule has 6 nitrogen and oxygen atoms in total. The number of carbonyl (C=O) groups is 2. The van der Waals surface area contributed by atoms with Crippen LogP contribution in [0.3, 0.4) is 0 Å². The summed E-state index contributed by atoms with van der Waals surface area (Å²) in [6, 6.07) is 14.4. The lowest BCUT2D eigenvalue weighted by molar-refractivity contribution is -0.112. The van der Waals surface area contributed by atoms with Crippen LogP contribution in [0.4, 0.5) is 0 Å². The average Bonchev–Trinajstić information content (AvgIpc) is 2.76. The highest BCUT2D eigenvalue weighted by Gasteiger charge is 2.42. The van der Waals surface area contributed by atoms with E-state index in [-0.39, 0.29) is 5.57 Å². The van der Waals surface area contributed by atoms with Crippen molar-refractivity contribution >= 4 is 17.3 Å². The van der Waals surface area contributed by atoms with Crippen LogP contribution in [0.15, 0.2) is 59.3 Å². The van der Waals surface area contributed by atoms with E-state index >= 15 is 0 Å². The first kappa shape index (κ1) is 18.5. The Labute approximate surface area is 168 Å². The number of nitrogens with zero attached hydrogens (tertiary/aromatic N) is 1. The van der Waals surface area contributed by atoms with E-state index in [1.54, 1.807) is 43.3 Å². The Morgan fingerprint density at radius 1 is 0.966 bits per heavy atom. The van der Waals surface area contributed by atoms with Gasteiger partial charge in [0.2, 0.25) is 11.6 Å². The monoisotopic (exact) mass is 386 g/mol. The lowest BCUT2D eigenvalue weighted by atomic mass is 9.73. The molecule has 0 saturated carbocycles. The number of ketones is 2. The second kappa shape index (κ2) is 6.95. The van der Waals surface area contributed by atoms with Gasteiger partial charge in [-0.3, -0.25) is 9.59 Å². The highest BCUT2D eigenvalue weighted by atomic mass is 16.5. The first-order valence-corrected chi connectivity index (χ1v) is 9.03. The minimum Gasteiger partial charge on any atom is -0.497 e. The molecule has 0 saturated heterocycles. The molecule has 0 aromatic heterocycles. The van der Waals surface area contributed by atoms with Gasteiger partial charge in [0.15, 0.2) is 0 Å². The molecule has 0 bridgehead atoms. The summed E-state index contributed by atoms with van der Waals surface area (Å²) >= 11 is 0. The minimum atomic E-state index is -0.704. The first-order valence-electron chi connectivity index (χ1n) is 9.03. The van der Waals surface area contributed by atoms with Crippen molar-refractivity contribution < 1.29 is 19.1 Å². The van der Waals surface area contributed by atoms with E-state index in [0.717, 1.165) is 0 Å². The summed E-state index contributed by atoms with van der Waals surface area (Å²) < 4.78 is 10.7. The summed E-state index contributed by atoms with van der Waals surface area (Å²) in [4.78, 5) is 26.0. The van der Waals surface area contributed by atoms with Crippen molar-refractivity contribution in [3.63, 3.8) is 0 Å². The lowest BCUT2D eigenvalue weighted by Crippen LogP contribution is -2.35. The van der Waals surface area contributed by atoms with Crippen molar-refractivity contribution in [1.29, 1.82) is 5.26 Å². The number of methoxy groups -OCH3 is 2. The summed E-state index contributed by atoms with van der Waals surface area (Å²) in [5.41, 5.74) is 3.50. The van der Waals surface area contributed by atoms with Crippen molar-refractivity contribution in [3.8, 4) is 17.6 Å². The third kappa shape index (κ3) is 2.79. The molecule has 0 radical (unpaired) electrons. The van der Waals surface area contributed by atoms with Crippen LogP contribution in [0.2, 0.25) is 0 Å². The molecule has 2 aromatic rings. The summed E-state index contributed by atoms with van der Waals surface area (Å²) in [6.07, 6.45) is 0. The zero-order chi connectivity index (χ0) is 20.7. The SMILES string of the molecule is COc1cc(OC)cc(C2C(C#N)=C(C)NC3=C2C(=O)C(=O)c2ccccc23)c1. The highest BCUT2D eigenvalue weighted by Crippen LogP contribution is 2.45. The van der Waals surface area contributed by atoms with Crippen molar-refractivity contribution in [3.05, 3.63) is 76.0 Å². The van der Waals surface area contributed by atoms with Gasteiger partial charge < -0.3 is 14.8 Å². The molecule has 6 heteroatoms. The van der Waals surface area contributed by atoms with Gasteiger partial charge in [0.25, 0.3) is 0 Å². The predicted molar refractivity (Wildman–Crippen MR) is 106 cm³/mol. The number of fused-ring (bicyclic) bond motifs is 2. The Hall–Kier alpha value is -3.85. The maximum absolute atomic E-state index is 13.1. The number of rotatable bonds is 3. The van der Waals surface area contributed by atoms with E-state index in [4.69, 9.17) is 9.47 Å². The first-order chi connectivity index (χ1) is 14.0. The number of carbonyl (C=O) groups excluding carboxylic acids is 2. The number of nitriles is 1. The van der Waals surface area contributed by atoms with Crippen LogP contribution in [0, 0.1) is 11.3 Å². The molecule has 1 aliphatic carbocycles. The van der Waals surface area contributed by atoms with Gasteiger partial charge >= 0.3 is 0 Å². The standard InChI is InChI=1S/C23H18N2O4/c1-12-18(11-24)19(13-8-14(28-2)10-15(9-13)29-3)20-21(25-12)16-6-4-5-7-17(16)22(26)23(20)27/h4-10,19,25H,1-3H3. The van der Waals surface area contributed by atoms with Gasteiger partial charge in [0.05, 0.1) is 37.5 Å². The zero-order valence-electron chi connectivity index (χ0n) is 16.2. The number of ether oxygens (including phenoxy) is 2. The number of benzene rings is 2. The van der Waals surface area contributed by atoms with E-state index in [2.05, 4.69) is 11.4 Å². The van der Waals surface area contributed by atoms with Crippen LogP contribution in [0.25, 0.3) is 5.70 Å². The van der Waals surface area contributed by atoms with Crippen LogP contribution < -0.4 is 14.8 Å². The molecule has 1 heterocycles. The Morgan fingerprint density at radius 2 is 1.59 bits per heavy atom. The van der Waals surface area contributed by atoms with Crippen LogP contribution >= 0.6 is 0 Å². The second-order valence-corrected chi connectivity index (χ2v) is 6.85. The summed E-state index contributed by atoms with van der Waals surface area (Å²) in [5.74, 6) is -0.823. The topological polar surface area (TPSA) is 88.4 Å². The van der Waals surface area contributed by atoms with Gasteiger partial charge in [-0.1, -0.05) is 24.3 Å². The van der Waals surface area contributed by atoms with Gasteiger partial charge in [-0.15, -0.1) is 0 Å². The van der Waals surface area contributed by atoms with Gasteiger partial charge in [0.1, 0.15) is 11.5 Å². The van der Waals surface area contributed by atoms with Gasteiger partial charge in [-0.25, -0.2) is 0 Å². The number of allylic oxidation sites excluding steroid dienone is 3. The van der Waals surface area contributed by atoms with E-state index < -0.39 is 17.5 Å². The number of dihydropyridines is 1. The summed E-state index contributed by atoms with van der Waals surface area (Å²) in [7, 11) is 3.06. The van der Waals surface area contributed by atoms with Crippen LogP contribution in [0.1, 0.15) is 34.3 Å². The highest BCUT2D eigenvalue weighted by molar-refractivity contribution is 6.52. The molecule has 1 unspecified atom stereocenters. The van der Waals surface area contributed by atoms with Crippen LogP contribution in [-0.4, -0.2) is 25.8 Å². The fourth-order valence-electron chi connectivity index (χ4n) is 3.91. The van der Waals surface area contributed by atoms with Gasteiger partial charge in [0, 0.05) is 28.5 Å². The number of hydrogen-bond acceptors (Lipinski definition) is 6. The molecular weight excluding hydrogens is 368 g/mol. The van der Waals surface area contributed by atoms with E-state index in [1.807, 2.05) is 6.07 Å². The maximum atomic E-state index is 13.1. The predicted octanol–water partition coefficient (Wildman–Crippen LogP) is 3.36. The lowest BCUT2D eigenvalue weighted by Gasteiger charge is -2.33. The molecule has 2 aliphatic rings. The molecular formula is C23H18N2O4. The average molecular weight is 386 g/mol. The van der Waals surface area contributed by atoms with Crippen molar-refractivity contribution in [2.45, 2.75) is 12.8 Å². The second-order valence-electron chi connectivity index (χ2n) is 6.85. The normalized spacial score (nSPS) is 17.9. The fourth-order valence-corrected chi connectivity index (χ4v) is 3.91. The van der Waals surface area contributed by atoms with Crippen molar-refractivity contribution in [1.82, 2.24) is 5.32 Å². The Bertz CT molecular complexity index is 1150. The number of hydrogen-bond donors (Lipinski definition) is 1. The van der Waals surface area contributed by atoms with Crippen LogP contribution in [-0.2, 0) is 4.79 Å². The number of Topliss-reactive ketones (excluding diaryl/α,β-unsaturated/α-hetero) is 2. The van der Waals surface area contributed by atoms with Crippen molar-refractivity contribution in [2.24, 2.45) is 0 Å². The fraction of sp³-hybridized carbons (Fsp3) is 0.174. The molecule has 1 atom stereocenters. The molecule has 4 rings (SSSR count). The van der Waals surface area contributed by atoms with E-state index in [1.165, 1.54) is 14.2 Å². The molecule has 2 aromatic carbocycles. The Balaban J connectivity index is 2.02. The molecule has 1 aliphatic heterocycles. The summed E-state index contributed by atoms with van der Waals surface area (Å²) in [6.45, 7) is 1.79. The molecule has 29 heavy (non-hydrogen) atoms. The third-order valence-corrected chi connectivity index (χ3v) is 5.28. The van der Waals surface area contributed by atoms with Crippen molar-refractivity contribution in [2.75, 3.05) is 14.2 Å². The van der Waals surface area contributed by atoms with Crippen LogP contribution in [0.5, 0.6) is 11.5 Å². The minimum absolute atomic E-state index is 0.270. The van der Waals surface area contributed by atoms with E-state index in [9.17, 15) is 14.9 Å².